The summed E-state index contributed by atoms with van der Waals surface area (Å²) in [6.07, 6.45) is 1.15. The average Bonchev–Trinajstić information content (AvgIpc) is 3.33. The number of ether oxygens (including phenoxy) is 1. The molecule has 3 heterocycles. The Morgan fingerprint density at radius 1 is 1.12 bits per heavy atom. The van der Waals surface area contributed by atoms with E-state index < -0.39 is 6.10 Å². The largest absolute Gasteiger partial charge is 0.479 e. The Hall–Kier alpha value is -4.02. The minimum Gasteiger partial charge on any atom is -0.479 e. The lowest BCUT2D eigenvalue weighted by Crippen LogP contribution is -2.44. The zero-order chi connectivity index (χ0) is 22.1. The Morgan fingerprint density at radius 2 is 1.97 bits per heavy atom. The molecule has 1 aliphatic rings. The Balaban J connectivity index is 1.53. The number of nitrogens with zero attached hydrogens (tertiary/aromatic N) is 4. The van der Waals surface area contributed by atoms with E-state index in [1.54, 1.807) is 24.1 Å². The molecule has 2 aromatic carbocycles. The highest BCUT2D eigenvalue weighted by Gasteiger charge is 2.32. The summed E-state index contributed by atoms with van der Waals surface area (Å²) in [6, 6.07) is 21.0. The van der Waals surface area contributed by atoms with E-state index in [0.29, 0.717) is 23.5 Å². The summed E-state index contributed by atoms with van der Waals surface area (Å²) in [7, 11) is 0. The third kappa shape index (κ3) is 3.61. The van der Waals surface area contributed by atoms with Gasteiger partial charge in [-0.2, -0.15) is 5.26 Å². The first-order valence-corrected chi connectivity index (χ1v) is 11.0. The van der Waals surface area contributed by atoms with Crippen LogP contribution in [0.15, 0.2) is 72.2 Å². The number of thiazole rings is 1. The van der Waals surface area contributed by atoms with Crippen LogP contribution >= 0.6 is 11.3 Å². The number of amides is 1. The minimum atomic E-state index is -0.599. The van der Waals surface area contributed by atoms with E-state index in [1.165, 1.54) is 11.3 Å². The van der Waals surface area contributed by atoms with Crippen molar-refractivity contribution in [3.05, 3.63) is 83.4 Å². The second kappa shape index (κ2) is 8.25. The molecular formula is C25H18N4O2S. The van der Waals surface area contributed by atoms with Crippen molar-refractivity contribution >= 4 is 22.9 Å². The van der Waals surface area contributed by atoms with E-state index in [-0.39, 0.29) is 5.91 Å². The molecule has 6 nitrogen and oxygen atoms in total. The van der Waals surface area contributed by atoms with Crippen molar-refractivity contribution in [2.45, 2.75) is 19.6 Å². The van der Waals surface area contributed by atoms with Crippen molar-refractivity contribution in [3.63, 3.8) is 0 Å². The molecule has 0 bridgehead atoms. The molecule has 1 aliphatic heterocycles. The fourth-order valence-corrected chi connectivity index (χ4v) is 4.48. The highest BCUT2D eigenvalue weighted by molar-refractivity contribution is 7.13. The first-order chi connectivity index (χ1) is 15.6. The van der Waals surface area contributed by atoms with Crippen LogP contribution in [-0.2, 0) is 11.3 Å². The number of anilines is 1. The summed E-state index contributed by atoms with van der Waals surface area (Å²) in [6.45, 7) is 2.03. The first-order valence-electron chi connectivity index (χ1n) is 10.1. The summed E-state index contributed by atoms with van der Waals surface area (Å²) in [5.41, 5.74) is 4.53. The lowest BCUT2D eigenvalue weighted by atomic mass is 10.0. The number of carbonyl (C=O) groups excluding carboxylic acids is 1. The molecule has 0 saturated carbocycles. The number of hydrogen-bond acceptors (Lipinski definition) is 6. The molecule has 7 heteroatoms. The van der Waals surface area contributed by atoms with Gasteiger partial charge in [-0.1, -0.05) is 24.3 Å². The predicted octanol–water partition coefficient (Wildman–Crippen LogP) is 5.06. The van der Waals surface area contributed by atoms with Gasteiger partial charge in [-0.25, -0.2) is 4.98 Å². The molecule has 0 aliphatic carbocycles. The molecule has 5 rings (SSSR count). The monoisotopic (exact) mass is 438 g/mol. The summed E-state index contributed by atoms with van der Waals surface area (Å²) in [5.74, 6) is 0.491. The van der Waals surface area contributed by atoms with Gasteiger partial charge in [0.15, 0.2) is 6.10 Å². The highest BCUT2D eigenvalue weighted by Crippen LogP contribution is 2.39. The van der Waals surface area contributed by atoms with Crippen LogP contribution in [0, 0.1) is 11.3 Å². The van der Waals surface area contributed by atoms with Gasteiger partial charge in [-0.15, -0.1) is 11.3 Å². The average molecular weight is 439 g/mol. The van der Waals surface area contributed by atoms with Crippen LogP contribution < -0.4 is 9.64 Å². The Morgan fingerprint density at radius 3 is 2.78 bits per heavy atom. The van der Waals surface area contributed by atoms with Gasteiger partial charge in [0.25, 0.3) is 5.91 Å². The quantitative estimate of drug-likeness (QED) is 0.445. The van der Waals surface area contributed by atoms with E-state index in [9.17, 15) is 10.1 Å². The zero-order valence-corrected chi connectivity index (χ0v) is 18.0. The van der Waals surface area contributed by atoms with Crippen LogP contribution in [0.25, 0.3) is 22.0 Å². The number of benzene rings is 2. The SMILES string of the molecule is CC1Oc2ccc(-c3csc(-c4ccccn4)n3)cc2N(Cc2ccccc2C#N)C1=O. The number of hydrogen-bond donors (Lipinski definition) is 0. The summed E-state index contributed by atoms with van der Waals surface area (Å²) in [5, 5.41) is 12.3. The molecule has 1 amide bonds. The fourth-order valence-electron chi connectivity index (χ4n) is 3.68. The number of rotatable bonds is 4. The van der Waals surface area contributed by atoms with E-state index in [0.717, 1.165) is 27.5 Å². The summed E-state index contributed by atoms with van der Waals surface area (Å²) in [4.78, 5) is 23.8. The molecule has 2 aromatic heterocycles. The molecule has 0 fully saturated rings. The Bertz CT molecular complexity index is 1340. The van der Waals surface area contributed by atoms with Gasteiger partial charge < -0.3 is 9.64 Å². The normalized spacial score (nSPS) is 15.1. The molecule has 0 saturated heterocycles. The topological polar surface area (TPSA) is 79.1 Å². The standard InChI is InChI=1S/C25H18N4O2S/c1-16-25(30)29(14-19-7-3-2-6-18(19)13-26)22-12-17(9-10-23(22)31-16)21-15-32-24(28-21)20-8-4-5-11-27-20/h2-12,15-16H,14H2,1H3. The lowest BCUT2D eigenvalue weighted by molar-refractivity contribution is -0.125. The molecule has 0 spiro atoms. The van der Waals surface area contributed by atoms with Gasteiger partial charge in [0.05, 0.1) is 35.3 Å². The predicted molar refractivity (Wildman–Crippen MR) is 123 cm³/mol. The van der Waals surface area contributed by atoms with Crippen molar-refractivity contribution < 1.29 is 9.53 Å². The van der Waals surface area contributed by atoms with Crippen molar-refractivity contribution in [1.29, 1.82) is 5.26 Å². The number of fused-ring (bicyclic) bond motifs is 1. The van der Waals surface area contributed by atoms with Gasteiger partial charge in [-0.05, 0) is 48.9 Å². The van der Waals surface area contributed by atoms with Crippen LogP contribution in [0.5, 0.6) is 5.75 Å². The second-order valence-corrected chi connectivity index (χ2v) is 8.25. The number of pyridine rings is 1. The lowest BCUT2D eigenvalue weighted by Gasteiger charge is -2.33. The van der Waals surface area contributed by atoms with Gasteiger partial charge in [0, 0.05) is 17.1 Å². The third-order valence-electron chi connectivity index (χ3n) is 5.32. The molecule has 4 aromatic rings. The number of aromatic nitrogens is 2. The van der Waals surface area contributed by atoms with Crippen LogP contribution in [0.4, 0.5) is 5.69 Å². The fraction of sp³-hybridized carbons (Fsp3) is 0.120. The number of carbonyl (C=O) groups is 1. The van der Waals surface area contributed by atoms with Crippen LogP contribution in [-0.4, -0.2) is 22.0 Å². The van der Waals surface area contributed by atoms with Crippen molar-refractivity contribution in [2.24, 2.45) is 0 Å². The smallest absolute Gasteiger partial charge is 0.268 e. The van der Waals surface area contributed by atoms with Gasteiger partial charge in [-0.3, -0.25) is 9.78 Å². The maximum atomic E-state index is 13.0. The summed E-state index contributed by atoms with van der Waals surface area (Å²) < 4.78 is 5.85. The molecule has 1 atom stereocenters. The first kappa shape index (κ1) is 19.9. The summed E-state index contributed by atoms with van der Waals surface area (Å²) >= 11 is 1.52. The van der Waals surface area contributed by atoms with Crippen LogP contribution in [0.1, 0.15) is 18.1 Å². The third-order valence-corrected chi connectivity index (χ3v) is 6.18. The van der Waals surface area contributed by atoms with Gasteiger partial charge >= 0.3 is 0 Å². The molecule has 156 valence electrons. The second-order valence-electron chi connectivity index (χ2n) is 7.39. The van der Waals surface area contributed by atoms with Crippen LogP contribution in [0.2, 0.25) is 0 Å². The number of nitriles is 1. The maximum Gasteiger partial charge on any atom is 0.268 e. The maximum absolute atomic E-state index is 13.0. The highest BCUT2D eigenvalue weighted by atomic mass is 32.1. The van der Waals surface area contributed by atoms with Gasteiger partial charge in [0.2, 0.25) is 0 Å². The zero-order valence-electron chi connectivity index (χ0n) is 17.2. The van der Waals surface area contributed by atoms with E-state index in [1.807, 2.05) is 60.0 Å². The molecule has 32 heavy (non-hydrogen) atoms. The Kier molecular flexibility index (Phi) is 5.13. The Labute approximate surface area is 189 Å². The van der Waals surface area contributed by atoms with E-state index >= 15 is 0 Å². The molecular weight excluding hydrogens is 420 g/mol. The van der Waals surface area contributed by atoms with Crippen molar-refractivity contribution in [3.8, 4) is 33.8 Å². The van der Waals surface area contributed by atoms with Crippen LogP contribution in [0.3, 0.4) is 0 Å². The molecule has 1 unspecified atom stereocenters. The molecule has 0 radical (unpaired) electrons. The molecule has 0 N–H and O–H groups in total. The minimum absolute atomic E-state index is 0.144. The van der Waals surface area contributed by atoms with Crippen molar-refractivity contribution in [1.82, 2.24) is 9.97 Å². The van der Waals surface area contributed by atoms with Gasteiger partial charge in [0.1, 0.15) is 10.8 Å². The van der Waals surface area contributed by atoms with Crippen molar-refractivity contribution in [2.75, 3.05) is 4.90 Å². The van der Waals surface area contributed by atoms with E-state index in [2.05, 4.69) is 11.1 Å². The van der Waals surface area contributed by atoms with E-state index in [4.69, 9.17) is 9.72 Å².